The number of fused-ring (bicyclic) bond motifs is 2. The molecule has 130 valence electrons. The zero-order valence-corrected chi connectivity index (χ0v) is 13.9. The van der Waals surface area contributed by atoms with Crippen molar-refractivity contribution in [3.05, 3.63) is 54.0 Å². The van der Waals surface area contributed by atoms with Gasteiger partial charge in [0.05, 0.1) is 16.5 Å². The van der Waals surface area contributed by atoms with Crippen LogP contribution < -0.4 is 4.72 Å². The maximum Gasteiger partial charge on any atom is 0.416 e. The van der Waals surface area contributed by atoms with Crippen LogP contribution in [0.15, 0.2) is 47.5 Å². The first kappa shape index (κ1) is 16.1. The number of benzene rings is 2. The predicted molar refractivity (Wildman–Crippen MR) is 93.4 cm³/mol. The molecule has 2 heterocycles. The third-order valence-electron chi connectivity index (χ3n) is 4.41. The van der Waals surface area contributed by atoms with Gasteiger partial charge in [0.25, 0.3) is 0 Å². The fourth-order valence-electron chi connectivity index (χ4n) is 3.28. The predicted octanol–water partition coefficient (Wildman–Crippen LogP) is 4.66. The summed E-state index contributed by atoms with van der Waals surface area (Å²) in [5.41, 5.74) is 2.37. The maximum atomic E-state index is 13.5. The van der Waals surface area contributed by atoms with Gasteiger partial charge in [0.2, 0.25) is 0 Å². The van der Waals surface area contributed by atoms with Crippen LogP contribution in [-0.4, -0.2) is 24.9 Å². The molecule has 2 aromatic carbocycles. The SMILES string of the molecule is CC1NS(O)(O)c2ccc(-c3cn(C(=O)O)c4cc(F)ccc34)cc21. The number of carbonyl (C=O) groups is 1. The van der Waals surface area contributed by atoms with E-state index >= 15 is 0 Å². The Morgan fingerprint density at radius 2 is 2.00 bits per heavy atom. The lowest BCUT2D eigenvalue weighted by molar-refractivity contribution is 0.197. The van der Waals surface area contributed by atoms with Gasteiger partial charge in [-0.3, -0.25) is 13.7 Å². The van der Waals surface area contributed by atoms with Crippen LogP contribution in [0.1, 0.15) is 18.5 Å². The van der Waals surface area contributed by atoms with Crippen LogP contribution in [0.4, 0.5) is 9.18 Å². The van der Waals surface area contributed by atoms with Crippen molar-refractivity contribution in [1.82, 2.24) is 9.29 Å². The molecule has 1 aliphatic rings. The summed E-state index contributed by atoms with van der Waals surface area (Å²) in [4.78, 5) is 11.9. The molecule has 1 unspecified atom stereocenters. The Labute approximate surface area is 144 Å². The lowest BCUT2D eigenvalue weighted by Crippen LogP contribution is -2.14. The Morgan fingerprint density at radius 3 is 2.72 bits per heavy atom. The van der Waals surface area contributed by atoms with Crippen LogP contribution in [0.3, 0.4) is 0 Å². The summed E-state index contributed by atoms with van der Waals surface area (Å²) < 4.78 is 37.4. The van der Waals surface area contributed by atoms with Crippen LogP contribution in [0, 0.1) is 5.82 Å². The number of nitrogens with zero attached hydrogens (tertiary/aromatic N) is 1. The minimum atomic E-state index is -3.01. The second kappa shape index (κ2) is 5.30. The van der Waals surface area contributed by atoms with Gasteiger partial charge in [-0.05, 0) is 48.4 Å². The highest BCUT2D eigenvalue weighted by atomic mass is 32.3. The molecular weight excluding hydrogens is 347 g/mol. The molecule has 0 amide bonds. The van der Waals surface area contributed by atoms with Gasteiger partial charge >= 0.3 is 6.09 Å². The van der Waals surface area contributed by atoms with Gasteiger partial charge < -0.3 is 5.11 Å². The standard InChI is InChI=1S/C17H15FN2O4S/c1-9-13-6-10(2-5-16(13)25(23,24)19-9)14-8-20(17(21)22)15-7-11(18)3-4-12(14)15/h2-9,19,23-24H,1H3,(H,21,22). The Morgan fingerprint density at radius 1 is 1.24 bits per heavy atom. The smallest absolute Gasteiger partial charge is 0.416 e. The van der Waals surface area contributed by atoms with Crippen LogP contribution >= 0.6 is 10.8 Å². The molecule has 0 aliphatic carbocycles. The summed E-state index contributed by atoms with van der Waals surface area (Å²) in [6, 6.07) is 8.90. The number of hydrogen-bond donors (Lipinski definition) is 4. The molecule has 0 bridgehead atoms. The second-order valence-corrected chi connectivity index (χ2v) is 7.77. The Balaban J connectivity index is 1.95. The fraction of sp³-hybridized carbons (Fsp3) is 0.118. The molecule has 0 radical (unpaired) electrons. The van der Waals surface area contributed by atoms with Crippen molar-refractivity contribution < 1.29 is 23.4 Å². The fourth-order valence-corrected chi connectivity index (χ4v) is 4.84. The van der Waals surface area contributed by atoms with Gasteiger partial charge in [-0.2, -0.15) is 0 Å². The van der Waals surface area contributed by atoms with E-state index in [1.54, 1.807) is 24.3 Å². The minimum absolute atomic E-state index is 0.245. The Hall–Kier alpha value is -2.39. The molecule has 0 spiro atoms. The van der Waals surface area contributed by atoms with Crippen molar-refractivity contribution in [2.45, 2.75) is 17.9 Å². The van der Waals surface area contributed by atoms with E-state index < -0.39 is 22.7 Å². The summed E-state index contributed by atoms with van der Waals surface area (Å²) in [5.74, 6) is -0.514. The van der Waals surface area contributed by atoms with E-state index in [-0.39, 0.29) is 11.6 Å². The molecule has 1 aliphatic heterocycles. The number of rotatable bonds is 1. The van der Waals surface area contributed by atoms with Crippen LogP contribution in [-0.2, 0) is 0 Å². The molecule has 0 saturated carbocycles. The first-order valence-electron chi connectivity index (χ1n) is 7.51. The minimum Gasteiger partial charge on any atom is -0.464 e. The number of hydrogen-bond acceptors (Lipinski definition) is 4. The molecule has 4 rings (SSSR count). The number of carboxylic acid groups (broad SMARTS) is 1. The average Bonchev–Trinajstić information content (AvgIpc) is 3.02. The van der Waals surface area contributed by atoms with Gasteiger partial charge in [0.1, 0.15) is 5.82 Å². The number of halogens is 1. The van der Waals surface area contributed by atoms with Gasteiger partial charge in [-0.25, -0.2) is 13.9 Å². The molecule has 6 nitrogen and oxygen atoms in total. The van der Waals surface area contributed by atoms with E-state index in [4.69, 9.17) is 0 Å². The molecular formula is C17H15FN2O4S. The van der Waals surface area contributed by atoms with E-state index in [0.29, 0.717) is 15.8 Å². The van der Waals surface area contributed by atoms with Crippen molar-refractivity contribution in [2.75, 3.05) is 0 Å². The third-order valence-corrected chi connectivity index (χ3v) is 6.08. The monoisotopic (exact) mass is 362 g/mol. The van der Waals surface area contributed by atoms with Crippen molar-refractivity contribution in [3.63, 3.8) is 0 Å². The summed E-state index contributed by atoms with van der Waals surface area (Å²) in [6.45, 7) is 1.82. The molecule has 8 heteroatoms. The van der Waals surface area contributed by atoms with Crippen LogP contribution in [0.25, 0.3) is 22.0 Å². The highest BCUT2D eigenvalue weighted by Gasteiger charge is 2.32. The van der Waals surface area contributed by atoms with E-state index in [2.05, 4.69) is 4.72 Å². The Kier molecular flexibility index (Phi) is 3.41. The van der Waals surface area contributed by atoms with Crippen LogP contribution in [0.5, 0.6) is 0 Å². The summed E-state index contributed by atoms with van der Waals surface area (Å²) >= 11 is 0. The molecule has 3 aromatic rings. The Bertz CT molecular complexity index is 1030. The van der Waals surface area contributed by atoms with Gasteiger partial charge in [0, 0.05) is 17.1 Å². The maximum absolute atomic E-state index is 13.5. The normalized spacial score (nSPS) is 19.8. The lowest BCUT2D eigenvalue weighted by atomic mass is 10.00. The molecule has 1 atom stereocenters. The number of aromatic nitrogens is 1. The lowest BCUT2D eigenvalue weighted by Gasteiger charge is -2.27. The molecule has 0 saturated heterocycles. The van der Waals surface area contributed by atoms with Crippen molar-refractivity contribution in [3.8, 4) is 11.1 Å². The average molecular weight is 362 g/mol. The quantitative estimate of drug-likeness (QED) is 0.505. The van der Waals surface area contributed by atoms with E-state index in [1.807, 2.05) is 6.92 Å². The second-order valence-electron chi connectivity index (χ2n) is 6.00. The van der Waals surface area contributed by atoms with Crippen molar-refractivity contribution in [1.29, 1.82) is 0 Å². The topological polar surface area (TPSA) is 94.7 Å². The first-order valence-corrected chi connectivity index (χ1v) is 9.06. The van der Waals surface area contributed by atoms with Gasteiger partial charge in [-0.1, -0.05) is 6.07 Å². The van der Waals surface area contributed by atoms with E-state index in [1.165, 1.54) is 18.3 Å². The summed E-state index contributed by atoms with van der Waals surface area (Å²) in [5, 5.41) is 9.97. The van der Waals surface area contributed by atoms with Crippen LogP contribution in [0.2, 0.25) is 0 Å². The van der Waals surface area contributed by atoms with E-state index in [0.717, 1.165) is 15.7 Å². The van der Waals surface area contributed by atoms with Gasteiger partial charge in [-0.15, -0.1) is 10.8 Å². The number of nitrogens with one attached hydrogen (secondary N) is 1. The van der Waals surface area contributed by atoms with E-state index in [9.17, 15) is 23.4 Å². The van der Waals surface area contributed by atoms with Gasteiger partial charge in [0.15, 0.2) is 0 Å². The van der Waals surface area contributed by atoms with Crippen molar-refractivity contribution >= 4 is 27.8 Å². The first-order chi connectivity index (χ1) is 11.8. The molecule has 1 aromatic heterocycles. The highest BCUT2D eigenvalue weighted by molar-refractivity contribution is 8.22. The highest BCUT2D eigenvalue weighted by Crippen LogP contribution is 2.55. The third kappa shape index (κ3) is 2.42. The zero-order chi connectivity index (χ0) is 17.9. The largest absolute Gasteiger partial charge is 0.464 e. The zero-order valence-electron chi connectivity index (χ0n) is 13.1. The molecule has 0 fully saturated rings. The summed E-state index contributed by atoms with van der Waals surface area (Å²) in [6.07, 6.45) is 0.242. The molecule has 25 heavy (non-hydrogen) atoms. The molecule has 4 N–H and O–H groups in total. The van der Waals surface area contributed by atoms with Crippen molar-refractivity contribution in [2.24, 2.45) is 0 Å². The summed E-state index contributed by atoms with van der Waals surface area (Å²) in [7, 11) is -3.01.